The molecule has 3 unspecified atom stereocenters. The number of fused-ring (bicyclic) bond motifs is 2. The molecule has 0 aliphatic carbocycles. The first-order chi connectivity index (χ1) is 12.4. The predicted molar refractivity (Wildman–Crippen MR) is 100 cm³/mol. The normalized spacial score (nSPS) is 24.5. The van der Waals surface area contributed by atoms with Gasteiger partial charge in [-0.05, 0) is 25.8 Å². The van der Waals surface area contributed by atoms with Gasteiger partial charge in [-0.1, -0.05) is 27.7 Å². The van der Waals surface area contributed by atoms with E-state index >= 15 is 0 Å². The van der Waals surface area contributed by atoms with Crippen LogP contribution in [0.2, 0.25) is 0 Å². The van der Waals surface area contributed by atoms with Gasteiger partial charge in [0.2, 0.25) is 0 Å². The third kappa shape index (κ3) is 3.06. The highest BCUT2D eigenvalue weighted by Gasteiger charge is 2.32. The molecular weight excluding hydrogens is 326 g/mol. The van der Waals surface area contributed by atoms with E-state index in [9.17, 15) is 0 Å². The minimum absolute atomic E-state index is 0.377. The molecule has 0 amide bonds. The second kappa shape index (κ2) is 6.76. The van der Waals surface area contributed by atoms with Crippen LogP contribution in [0.15, 0.2) is 0 Å². The molecule has 0 saturated carbocycles. The molecule has 142 valence electrons. The molecule has 3 atom stereocenters. The molecule has 7 nitrogen and oxygen atoms in total. The molecule has 4 heterocycles. The lowest BCUT2D eigenvalue weighted by atomic mass is 9.84. The van der Waals surface area contributed by atoms with Crippen LogP contribution in [-0.2, 0) is 19.6 Å². The van der Waals surface area contributed by atoms with Crippen LogP contribution in [0.1, 0.15) is 81.6 Å². The Labute approximate surface area is 155 Å². The Balaban J connectivity index is 1.57. The summed E-state index contributed by atoms with van der Waals surface area (Å²) in [6, 6.07) is 0. The van der Waals surface area contributed by atoms with Gasteiger partial charge in [-0.15, -0.1) is 20.4 Å². The van der Waals surface area contributed by atoms with E-state index in [-0.39, 0.29) is 0 Å². The highest BCUT2D eigenvalue weighted by atomic mass is 15.3. The fourth-order valence-electron chi connectivity index (χ4n) is 4.62. The second-order valence-electron chi connectivity index (χ2n) is 8.72. The minimum atomic E-state index is 0.377. The fraction of sp³-hybridized carbons (Fsp3) is 0.789. The van der Waals surface area contributed by atoms with Crippen LogP contribution >= 0.6 is 0 Å². The van der Waals surface area contributed by atoms with Gasteiger partial charge in [0.15, 0.2) is 0 Å². The molecule has 0 N–H and O–H groups in total. The molecule has 2 aliphatic rings. The van der Waals surface area contributed by atoms with Crippen LogP contribution in [0.3, 0.4) is 0 Å². The number of aromatic nitrogens is 6. The molecule has 0 saturated heterocycles. The number of hydrogen-bond acceptors (Lipinski definition) is 5. The average Bonchev–Trinajstić information content (AvgIpc) is 3.18. The maximum Gasteiger partial charge on any atom is 0.147 e. The molecule has 2 aromatic heterocycles. The van der Waals surface area contributed by atoms with E-state index in [2.05, 4.69) is 69.2 Å². The van der Waals surface area contributed by atoms with Gasteiger partial charge in [-0.3, -0.25) is 4.90 Å². The topological polar surface area (TPSA) is 64.7 Å². The van der Waals surface area contributed by atoms with Crippen molar-refractivity contribution >= 4 is 0 Å². The molecule has 7 heteroatoms. The summed E-state index contributed by atoms with van der Waals surface area (Å²) in [5.74, 6) is 6.46. The Morgan fingerprint density at radius 1 is 1.00 bits per heavy atom. The van der Waals surface area contributed by atoms with E-state index in [1.807, 2.05) is 0 Å². The van der Waals surface area contributed by atoms with E-state index in [1.54, 1.807) is 0 Å². The zero-order chi connectivity index (χ0) is 18.4. The van der Waals surface area contributed by atoms with E-state index in [4.69, 9.17) is 0 Å². The van der Waals surface area contributed by atoms with Crippen molar-refractivity contribution < 1.29 is 0 Å². The van der Waals surface area contributed by atoms with Gasteiger partial charge in [0.05, 0.1) is 6.54 Å². The van der Waals surface area contributed by atoms with Gasteiger partial charge in [-0.25, -0.2) is 0 Å². The van der Waals surface area contributed by atoms with Gasteiger partial charge >= 0.3 is 0 Å². The maximum absolute atomic E-state index is 4.59. The van der Waals surface area contributed by atoms with E-state index in [0.29, 0.717) is 23.7 Å². The lowest BCUT2D eigenvalue weighted by Crippen LogP contribution is -2.31. The molecule has 0 bridgehead atoms. The van der Waals surface area contributed by atoms with Gasteiger partial charge in [0.25, 0.3) is 0 Å². The molecule has 26 heavy (non-hydrogen) atoms. The number of nitrogens with zero attached hydrogens (tertiary/aromatic N) is 7. The fourth-order valence-corrected chi connectivity index (χ4v) is 4.62. The van der Waals surface area contributed by atoms with Crippen LogP contribution in [0.5, 0.6) is 0 Å². The number of likely N-dealkylation sites (N-methyl/N-ethyl adjacent to an activating group) is 1. The summed E-state index contributed by atoms with van der Waals surface area (Å²) >= 11 is 0. The smallest absolute Gasteiger partial charge is 0.147 e. The quantitative estimate of drug-likeness (QED) is 0.842. The first-order valence-corrected chi connectivity index (χ1v) is 9.97. The predicted octanol–water partition coefficient (Wildman–Crippen LogP) is 2.76. The Kier molecular flexibility index (Phi) is 4.59. The van der Waals surface area contributed by atoms with Crippen LogP contribution in [0.25, 0.3) is 0 Å². The summed E-state index contributed by atoms with van der Waals surface area (Å²) in [4.78, 5) is 2.30. The first kappa shape index (κ1) is 17.6. The number of hydrogen-bond donors (Lipinski definition) is 0. The highest BCUT2D eigenvalue weighted by molar-refractivity contribution is 5.11. The zero-order valence-corrected chi connectivity index (χ0v) is 16.7. The van der Waals surface area contributed by atoms with E-state index in [1.165, 1.54) is 12.2 Å². The van der Waals surface area contributed by atoms with Gasteiger partial charge in [0.1, 0.15) is 23.3 Å². The van der Waals surface area contributed by atoms with Crippen molar-refractivity contribution in [3.05, 3.63) is 23.3 Å². The Hall–Kier alpha value is -1.76. The van der Waals surface area contributed by atoms with Crippen molar-refractivity contribution in [1.29, 1.82) is 0 Å². The van der Waals surface area contributed by atoms with Crippen LogP contribution in [0.4, 0.5) is 0 Å². The molecule has 0 aromatic carbocycles. The molecule has 2 aromatic rings. The summed E-state index contributed by atoms with van der Waals surface area (Å²) in [5, 5.41) is 18.1. The molecular formula is C19H31N7. The highest BCUT2D eigenvalue weighted by Crippen LogP contribution is 2.38. The van der Waals surface area contributed by atoms with Gasteiger partial charge in [-0.2, -0.15) is 0 Å². The summed E-state index contributed by atoms with van der Waals surface area (Å²) in [5.41, 5.74) is 0. The zero-order valence-electron chi connectivity index (χ0n) is 16.7. The number of rotatable bonds is 4. The summed E-state index contributed by atoms with van der Waals surface area (Å²) in [6.07, 6.45) is 2.25. The monoisotopic (exact) mass is 357 g/mol. The molecule has 4 rings (SSSR count). The van der Waals surface area contributed by atoms with E-state index in [0.717, 1.165) is 50.1 Å². The molecule has 0 fully saturated rings. The largest absolute Gasteiger partial charge is 0.314 e. The van der Waals surface area contributed by atoms with Crippen LogP contribution in [0, 0.1) is 5.92 Å². The first-order valence-electron chi connectivity index (χ1n) is 9.97. The van der Waals surface area contributed by atoms with E-state index < -0.39 is 0 Å². The van der Waals surface area contributed by atoms with Crippen molar-refractivity contribution in [3.8, 4) is 0 Å². The van der Waals surface area contributed by atoms with Gasteiger partial charge < -0.3 is 9.13 Å². The summed E-state index contributed by atoms with van der Waals surface area (Å²) in [7, 11) is 2.14. The van der Waals surface area contributed by atoms with Crippen molar-refractivity contribution in [2.45, 2.75) is 77.9 Å². The molecule has 0 spiro atoms. The van der Waals surface area contributed by atoms with Crippen molar-refractivity contribution in [1.82, 2.24) is 34.4 Å². The molecule has 0 radical (unpaired) electrons. The summed E-state index contributed by atoms with van der Waals surface area (Å²) in [6.45, 7) is 13.0. The van der Waals surface area contributed by atoms with Crippen LogP contribution in [-0.4, -0.2) is 48.0 Å². The SMILES string of the molecule is CC1CC(CC(C)c2nnc3n2CCN(C)C3)c2nnc(C(C)C)n2C1. The Morgan fingerprint density at radius 3 is 2.54 bits per heavy atom. The average molecular weight is 358 g/mol. The Morgan fingerprint density at radius 2 is 1.77 bits per heavy atom. The third-order valence-corrected chi connectivity index (χ3v) is 5.92. The van der Waals surface area contributed by atoms with Crippen molar-refractivity contribution in [2.75, 3.05) is 13.6 Å². The lowest BCUT2D eigenvalue weighted by Gasteiger charge is -2.31. The maximum atomic E-state index is 4.59. The van der Waals surface area contributed by atoms with Crippen molar-refractivity contribution in [3.63, 3.8) is 0 Å². The second-order valence-corrected chi connectivity index (χ2v) is 8.72. The van der Waals surface area contributed by atoms with Gasteiger partial charge in [0, 0.05) is 37.4 Å². The minimum Gasteiger partial charge on any atom is -0.314 e. The van der Waals surface area contributed by atoms with Crippen LogP contribution < -0.4 is 0 Å². The lowest BCUT2D eigenvalue weighted by molar-refractivity contribution is 0.259. The van der Waals surface area contributed by atoms with Crippen molar-refractivity contribution in [2.24, 2.45) is 5.92 Å². The Bertz CT molecular complexity index is 775. The third-order valence-electron chi connectivity index (χ3n) is 5.92. The standard InChI is InChI=1S/C19H31N7/c1-12(2)17-21-23-19-15(8-13(3)10-26(17)19)9-14(4)18-22-20-16-11-24(5)6-7-25(16)18/h12-15H,6-11H2,1-5H3. The molecule has 2 aliphatic heterocycles. The summed E-state index contributed by atoms with van der Waals surface area (Å²) < 4.78 is 4.71.